The Balaban J connectivity index is 1.43. The zero-order valence-corrected chi connectivity index (χ0v) is 17.3. The lowest BCUT2D eigenvalue weighted by molar-refractivity contribution is 0.103. The molecule has 0 radical (unpaired) electrons. The number of aryl methyl sites for hydroxylation is 2. The normalized spacial score (nSPS) is 13.8. The molecule has 5 rings (SSSR count). The van der Waals surface area contributed by atoms with Gasteiger partial charge in [0.1, 0.15) is 9.71 Å². The van der Waals surface area contributed by atoms with E-state index in [0.29, 0.717) is 15.7 Å². The molecule has 0 saturated carbocycles. The third-order valence-corrected chi connectivity index (χ3v) is 7.03. The monoisotopic (exact) mass is 421 g/mol. The summed E-state index contributed by atoms with van der Waals surface area (Å²) in [7, 11) is 0. The highest BCUT2D eigenvalue weighted by Crippen LogP contribution is 2.36. The van der Waals surface area contributed by atoms with Crippen molar-refractivity contribution in [2.75, 3.05) is 11.1 Å². The van der Waals surface area contributed by atoms with Crippen molar-refractivity contribution in [3.05, 3.63) is 52.1 Å². The number of fused-ring (bicyclic) bond motifs is 2. The van der Waals surface area contributed by atoms with Crippen molar-refractivity contribution < 1.29 is 4.79 Å². The smallest absolute Gasteiger partial charge is 0.269 e. The van der Waals surface area contributed by atoms with Crippen molar-refractivity contribution in [3.63, 3.8) is 0 Å². The van der Waals surface area contributed by atoms with Gasteiger partial charge < -0.3 is 5.73 Å². The molecule has 0 spiro atoms. The second-order valence-electron chi connectivity index (χ2n) is 7.08. The number of aromatic nitrogens is 3. The molecule has 0 bridgehead atoms. The van der Waals surface area contributed by atoms with Gasteiger partial charge in [-0.15, -0.1) is 22.7 Å². The average Bonchev–Trinajstić information content (AvgIpc) is 3.24. The van der Waals surface area contributed by atoms with E-state index in [1.165, 1.54) is 47.5 Å². The number of nitrogens with zero attached hydrogens (tertiary/aromatic N) is 3. The second kappa shape index (κ2) is 7.53. The average molecular weight is 422 g/mol. The van der Waals surface area contributed by atoms with Crippen LogP contribution in [-0.2, 0) is 12.8 Å². The lowest BCUT2D eigenvalue weighted by Gasteiger charge is -2.04. The number of anilines is 2. The zero-order chi connectivity index (χ0) is 19.8. The first kappa shape index (κ1) is 18.2. The fraction of sp³-hybridized carbons (Fsp3) is 0.238. The molecule has 4 aromatic heterocycles. The number of carbonyl (C=O) groups is 1. The number of nitrogens with one attached hydrogen (secondary N) is 1. The Hall–Kier alpha value is -2.84. The summed E-state index contributed by atoms with van der Waals surface area (Å²) in [6.45, 7) is 0. The fourth-order valence-electron chi connectivity index (χ4n) is 3.65. The number of hydrogen-bond acceptors (Lipinski definition) is 7. The first-order valence-electron chi connectivity index (χ1n) is 9.57. The van der Waals surface area contributed by atoms with E-state index >= 15 is 0 Å². The summed E-state index contributed by atoms with van der Waals surface area (Å²) in [4.78, 5) is 27.6. The lowest BCUT2D eigenvalue weighted by Crippen LogP contribution is -2.11. The Morgan fingerprint density at radius 1 is 1.10 bits per heavy atom. The van der Waals surface area contributed by atoms with Crippen molar-refractivity contribution in [1.29, 1.82) is 0 Å². The van der Waals surface area contributed by atoms with E-state index in [4.69, 9.17) is 10.7 Å². The highest BCUT2D eigenvalue weighted by atomic mass is 32.1. The predicted molar refractivity (Wildman–Crippen MR) is 119 cm³/mol. The van der Waals surface area contributed by atoms with Gasteiger partial charge in [0.15, 0.2) is 5.13 Å². The van der Waals surface area contributed by atoms with Crippen LogP contribution in [0.2, 0.25) is 0 Å². The van der Waals surface area contributed by atoms with Crippen LogP contribution in [0.3, 0.4) is 0 Å². The highest BCUT2D eigenvalue weighted by Gasteiger charge is 2.21. The molecule has 0 fully saturated rings. The molecule has 1 aliphatic carbocycles. The number of carbonyl (C=O) groups excluding carboxylic acids is 1. The largest absolute Gasteiger partial charge is 0.397 e. The van der Waals surface area contributed by atoms with Crippen LogP contribution >= 0.6 is 22.7 Å². The van der Waals surface area contributed by atoms with Gasteiger partial charge in [0.05, 0.1) is 11.4 Å². The summed E-state index contributed by atoms with van der Waals surface area (Å²) in [6.07, 6.45) is 9.07. The lowest BCUT2D eigenvalue weighted by atomic mass is 10.1. The minimum atomic E-state index is -0.240. The minimum Gasteiger partial charge on any atom is -0.397 e. The van der Waals surface area contributed by atoms with Gasteiger partial charge in [0.2, 0.25) is 0 Å². The van der Waals surface area contributed by atoms with Crippen molar-refractivity contribution in [2.45, 2.75) is 32.1 Å². The van der Waals surface area contributed by atoms with Gasteiger partial charge in [0.25, 0.3) is 5.91 Å². The van der Waals surface area contributed by atoms with Crippen LogP contribution in [0.1, 0.15) is 40.2 Å². The third kappa shape index (κ3) is 3.49. The Morgan fingerprint density at radius 2 is 1.93 bits per heavy atom. The molecule has 1 amide bonds. The number of nitrogen functional groups attached to an aromatic ring is 1. The molecule has 6 nitrogen and oxygen atoms in total. The maximum absolute atomic E-state index is 12.9. The van der Waals surface area contributed by atoms with Crippen LogP contribution in [0.25, 0.3) is 21.5 Å². The number of thiophene rings is 1. The van der Waals surface area contributed by atoms with E-state index in [9.17, 15) is 4.79 Å². The van der Waals surface area contributed by atoms with Gasteiger partial charge in [-0.3, -0.25) is 15.1 Å². The second-order valence-corrected chi connectivity index (χ2v) is 8.94. The number of hydrogen-bond donors (Lipinski definition) is 2. The van der Waals surface area contributed by atoms with Crippen molar-refractivity contribution >= 4 is 49.6 Å². The van der Waals surface area contributed by atoms with E-state index in [1.54, 1.807) is 12.4 Å². The number of thiazole rings is 1. The van der Waals surface area contributed by atoms with Gasteiger partial charge in [-0.25, -0.2) is 9.97 Å². The molecular formula is C21H19N5OS2. The fourth-order valence-corrected chi connectivity index (χ4v) is 5.35. The molecule has 29 heavy (non-hydrogen) atoms. The van der Waals surface area contributed by atoms with E-state index < -0.39 is 0 Å². The molecule has 3 N–H and O–H groups in total. The standard InChI is InChI=1S/C21H19N5OS2/c22-17-14-10-13-4-2-1-3-5-15(13)24-20(14)29-18(17)19(27)26-21-25-16(11-28-21)12-6-8-23-9-7-12/h6-11H,1-5,22H2,(H,25,26,27). The van der Waals surface area contributed by atoms with Crippen LogP contribution in [0, 0.1) is 0 Å². The predicted octanol–water partition coefficient (Wildman–Crippen LogP) is 4.92. The van der Waals surface area contributed by atoms with Crippen molar-refractivity contribution in [3.8, 4) is 11.3 Å². The summed E-state index contributed by atoms with van der Waals surface area (Å²) in [6, 6.07) is 5.91. The van der Waals surface area contributed by atoms with Gasteiger partial charge in [-0.2, -0.15) is 0 Å². The molecule has 8 heteroatoms. The molecule has 0 atom stereocenters. The Kier molecular flexibility index (Phi) is 4.73. The summed E-state index contributed by atoms with van der Waals surface area (Å²) in [5.41, 5.74) is 11.1. The van der Waals surface area contributed by atoms with Gasteiger partial charge in [-0.05, 0) is 49.4 Å². The van der Waals surface area contributed by atoms with Gasteiger partial charge in [-0.1, -0.05) is 6.42 Å². The maximum atomic E-state index is 12.9. The molecule has 1 aliphatic rings. The Morgan fingerprint density at radius 3 is 2.79 bits per heavy atom. The van der Waals surface area contributed by atoms with E-state index in [0.717, 1.165) is 40.0 Å². The van der Waals surface area contributed by atoms with Crippen LogP contribution in [0.5, 0.6) is 0 Å². The SMILES string of the molecule is Nc1c(C(=O)Nc2nc(-c3ccncc3)cs2)sc2nc3c(cc12)CCCCC3. The van der Waals surface area contributed by atoms with E-state index in [1.807, 2.05) is 17.5 Å². The summed E-state index contributed by atoms with van der Waals surface area (Å²) >= 11 is 2.74. The molecule has 0 saturated heterocycles. The summed E-state index contributed by atoms with van der Waals surface area (Å²) < 4.78 is 0. The van der Waals surface area contributed by atoms with E-state index in [2.05, 4.69) is 21.4 Å². The minimum absolute atomic E-state index is 0.240. The van der Waals surface area contributed by atoms with E-state index in [-0.39, 0.29) is 5.91 Å². The molecular weight excluding hydrogens is 402 g/mol. The van der Waals surface area contributed by atoms with Crippen molar-refractivity contribution in [2.24, 2.45) is 0 Å². The number of pyridine rings is 2. The first-order chi connectivity index (χ1) is 14.2. The van der Waals surface area contributed by atoms with Crippen LogP contribution in [0.4, 0.5) is 10.8 Å². The molecule has 4 heterocycles. The topological polar surface area (TPSA) is 93.8 Å². The Labute approximate surface area is 175 Å². The molecule has 146 valence electrons. The maximum Gasteiger partial charge on any atom is 0.269 e. The van der Waals surface area contributed by atoms with Gasteiger partial charge >= 0.3 is 0 Å². The number of rotatable bonds is 3. The summed E-state index contributed by atoms with van der Waals surface area (Å²) in [5, 5.41) is 6.23. The molecule has 0 aliphatic heterocycles. The number of nitrogens with two attached hydrogens (primary N) is 1. The molecule has 4 aromatic rings. The summed E-state index contributed by atoms with van der Waals surface area (Å²) in [5.74, 6) is -0.240. The van der Waals surface area contributed by atoms with Crippen LogP contribution < -0.4 is 11.1 Å². The zero-order valence-electron chi connectivity index (χ0n) is 15.6. The Bertz CT molecular complexity index is 1200. The van der Waals surface area contributed by atoms with Crippen molar-refractivity contribution in [1.82, 2.24) is 15.0 Å². The third-order valence-electron chi connectivity index (χ3n) is 5.16. The molecule has 0 aromatic carbocycles. The quantitative estimate of drug-likeness (QED) is 0.458. The molecule has 0 unspecified atom stereocenters. The first-order valence-corrected chi connectivity index (χ1v) is 11.3. The number of amides is 1. The van der Waals surface area contributed by atoms with Crippen LogP contribution in [-0.4, -0.2) is 20.9 Å². The van der Waals surface area contributed by atoms with Crippen LogP contribution in [0.15, 0.2) is 36.0 Å². The van der Waals surface area contributed by atoms with Gasteiger partial charge in [0, 0.05) is 34.4 Å². The highest BCUT2D eigenvalue weighted by molar-refractivity contribution is 7.21.